The molecule has 0 fully saturated rings. The molecule has 0 bridgehead atoms. The van der Waals surface area contributed by atoms with Crippen molar-refractivity contribution >= 4 is 5.57 Å². The second kappa shape index (κ2) is 2.74. The maximum atomic E-state index is 4.06. The number of nitrogens with one attached hydrogen (secondary N) is 1. The van der Waals surface area contributed by atoms with Gasteiger partial charge in [-0.1, -0.05) is 6.07 Å². The third-order valence-electron chi connectivity index (χ3n) is 1.85. The van der Waals surface area contributed by atoms with Crippen molar-refractivity contribution in [1.82, 2.24) is 10.3 Å². The highest BCUT2D eigenvalue weighted by Gasteiger charge is 2.04. The quantitative estimate of drug-likeness (QED) is 0.648. The van der Waals surface area contributed by atoms with Crippen molar-refractivity contribution in [3.63, 3.8) is 0 Å². The van der Waals surface area contributed by atoms with E-state index >= 15 is 0 Å². The lowest BCUT2D eigenvalue weighted by Crippen LogP contribution is -1.96. The van der Waals surface area contributed by atoms with Crippen LogP contribution in [0.2, 0.25) is 0 Å². The molecule has 0 aromatic carbocycles. The molecule has 0 unspecified atom stereocenters. The zero-order chi connectivity index (χ0) is 7.52. The minimum absolute atomic E-state index is 1.06. The first-order valence-corrected chi connectivity index (χ1v) is 3.79. The first kappa shape index (κ1) is 6.40. The Labute approximate surface area is 66.0 Å². The summed E-state index contributed by atoms with van der Waals surface area (Å²) in [7, 11) is 0. The van der Waals surface area contributed by atoms with E-state index in [1.54, 1.807) is 6.20 Å². The third kappa shape index (κ3) is 1.24. The Morgan fingerprint density at radius 2 is 2.45 bits per heavy atom. The van der Waals surface area contributed by atoms with Gasteiger partial charge < -0.3 is 5.32 Å². The second-order valence-electron chi connectivity index (χ2n) is 2.62. The van der Waals surface area contributed by atoms with Crippen LogP contribution in [-0.4, -0.2) is 11.5 Å². The molecule has 0 radical (unpaired) electrons. The number of hydrogen-bond donors (Lipinski definition) is 1. The van der Waals surface area contributed by atoms with E-state index in [4.69, 9.17) is 0 Å². The molecule has 0 aliphatic carbocycles. The Kier molecular flexibility index (Phi) is 1.60. The van der Waals surface area contributed by atoms with E-state index in [-0.39, 0.29) is 0 Å². The van der Waals surface area contributed by atoms with Crippen LogP contribution in [0.3, 0.4) is 0 Å². The summed E-state index contributed by atoms with van der Waals surface area (Å²) in [5.41, 5.74) is 2.59. The van der Waals surface area contributed by atoms with E-state index in [2.05, 4.69) is 22.6 Å². The van der Waals surface area contributed by atoms with Crippen LogP contribution in [-0.2, 0) is 0 Å². The molecule has 2 rings (SSSR count). The lowest BCUT2D eigenvalue weighted by Gasteiger charge is -1.97. The standard InChI is InChI=1S/C9H10N2/c1-2-8(6-10-4-1)9-3-5-11-7-9/h1-2,4,6-7,11H,3,5H2. The maximum absolute atomic E-state index is 4.06. The molecule has 2 heteroatoms. The lowest BCUT2D eigenvalue weighted by atomic mass is 10.1. The molecular formula is C9H10N2. The molecule has 2 nitrogen and oxygen atoms in total. The Bertz CT molecular complexity index is 264. The fourth-order valence-corrected chi connectivity index (χ4v) is 1.25. The van der Waals surface area contributed by atoms with Crippen molar-refractivity contribution in [1.29, 1.82) is 0 Å². The van der Waals surface area contributed by atoms with Gasteiger partial charge >= 0.3 is 0 Å². The molecule has 1 aromatic heterocycles. The van der Waals surface area contributed by atoms with Crippen molar-refractivity contribution in [3.05, 3.63) is 36.3 Å². The predicted octanol–water partition coefficient (Wildman–Crippen LogP) is 1.42. The summed E-state index contributed by atoms with van der Waals surface area (Å²) in [6.45, 7) is 1.06. The zero-order valence-electron chi connectivity index (χ0n) is 6.25. The highest BCUT2D eigenvalue weighted by atomic mass is 14.8. The Morgan fingerprint density at radius 1 is 1.45 bits per heavy atom. The van der Waals surface area contributed by atoms with Crippen LogP contribution in [0.25, 0.3) is 5.57 Å². The molecular weight excluding hydrogens is 136 g/mol. The first-order chi connectivity index (χ1) is 5.47. The smallest absolute Gasteiger partial charge is 0.0343 e. The fourth-order valence-electron chi connectivity index (χ4n) is 1.25. The van der Waals surface area contributed by atoms with Gasteiger partial charge in [-0.05, 0) is 23.6 Å². The normalized spacial score (nSPS) is 15.8. The van der Waals surface area contributed by atoms with Crippen molar-refractivity contribution < 1.29 is 0 Å². The Balaban J connectivity index is 2.29. The maximum Gasteiger partial charge on any atom is 0.0343 e. The van der Waals surface area contributed by atoms with Gasteiger partial charge in [0.25, 0.3) is 0 Å². The molecule has 2 heterocycles. The van der Waals surface area contributed by atoms with Crippen LogP contribution in [0.15, 0.2) is 30.7 Å². The molecule has 0 amide bonds. The lowest BCUT2D eigenvalue weighted by molar-refractivity contribution is 0.919. The summed E-state index contributed by atoms with van der Waals surface area (Å²) in [5.74, 6) is 0. The van der Waals surface area contributed by atoms with Gasteiger partial charge in [-0.2, -0.15) is 0 Å². The van der Waals surface area contributed by atoms with Gasteiger partial charge in [0.1, 0.15) is 0 Å². The van der Waals surface area contributed by atoms with Crippen molar-refractivity contribution in [2.75, 3.05) is 6.54 Å². The van der Waals surface area contributed by atoms with Crippen LogP contribution < -0.4 is 5.32 Å². The summed E-state index contributed by atoms with van der Waals surface area (Å²) in [5, 5.41) is 3.18. The number of pyridine rings is 1. The molecule has 0 saturated heterocycles. The number of aromatic nitrogens is 1. The van der Waals surface area contributed by atoms with Gasteiger partial charge in [-0.3, -0.25) is 4.98 Å². The number of rotatable bonds is 1. The van der Waals surface area contributed by atoms with Crippen LogP contribution >= 0.6 is 0 Å². The van der Waals surface area contributed by atoms with E-state index in [0.29, 0.717) is 0 Å². The third-order valence-corrected chi connectivity index (χ3v) is 1.85. The van der Waals surface area contributed by atoms with Crippen LogP contribution in [0.4, 0.5) is 0 Å². The molecule has 56 valence electrons. The molecule has 0 saturated carbocycles. The fraction of sp³-hybridized carbons (Fsp3) is 0.222. The van der Waals surface area contributed by atoms with E-state index in [1.807, 2.05) is 12.3 Å². The molecule has 1 N–H and O–H groups in total. The molecule has 0 atom stereocenters. The van der Waals surface area contributed by atoms with E-state index < -0.39 is 0 Å². The molecule has 1 aromatic rings. The van der Waals surface area contributed by atoms with E-state index in [0.717, 1.165) is 13.0 Å². The Morgan fingerprint density at radius 3 is 3.09 bits per heavy atom. The van der Waals surface area contributed by atoms with Gasteiger partial charge in [0.2, 0.25) is 0 Å². The van der Waals surface area contributed by atoms with Crippen molar-refractivity contribution in [3.8, 4) is 0 Å². The first-order valence-electron chi connectivity index (χ1n) is 3.79. The molecule has 1 aliphatic heterocycles. The second-order valence-corrected chi connectivity index (χ2v) is 2.62. The number of nitrogens with zero attached hydrogens (tertiary/aromatic N) is 1. The van der Waals surface area contributed by atoms with Gasteiger partial charge in [-0.15, -0.1) is 0 Å². The molecule has 1 aliphatic rings. The summed E-state index contributed by atoms with van der Waals surface area (Å²) < 4.78 is 0. The van der Waals surface area contributed by atoms with Crippen molar-refractivity contribution in [2.45, 2.75) is 6.42 Å². The molecule has 0 spiro atoms. The van der Waals surface area contributed by atoms with Gasteiger partial charge in [0.15, 0.2) is 0 Å². The largest absolute Gasteiger partial charge is 0.390 e. The van der Waals surface area contributed by atoms with Gasteiger partial charge in [0.05, 0.1) is 0 Å². The summed E-state index contributed by atoms with van der Waals surface area (Å²) in [6.07, 6.45) is 6.88. The minimum atomic E-state index is 1.06. The zero-order valence-corrected chi connectivity index (χ0v) is 6.25. The van der Waals surface area contributed by atoms with Gasteiger partial charge in [0, 0.05) is 25.1 Å². The highest BCUT2D eigenvalue weighted by Crippen LogP contribution is 2.18. The van der Waals surface area contributed by atoms with Gasteiger partial charge in [-0.25, -0.2) is 0 Å². The summed E-state index contributed by atoms with van der Waals surface area (Å²) in [6, 6.07) is 4.06. The predicted molar refractivity (Wildman–Crippen MR) is 44.8 cm³/mol. The minimum Gasteiger partial charge on any atom is -0.390 e. The van der Waals surface area contributed by atoms with E-state index in [9.17, 15) is 0 Å². The molecule has 11 heavy (non-hydrogen) atoms. The van der Waals surface area contributed by atoms with E-state index in [1.165, 1.54) is 11.1 Å². The number of hydrogen-bond acceptors (Lipinski definition) is 2. The van der Waals surface area contributed by atoms with Crippen molar-refractivity contribution in [2.24, 2.45) is 0 Å². The average Bonchev–Trinajstić information content (AvgIpc) is 2.58. The SMILES string of the molecule is C1=C(c2cccnc2)CCN1. The summed E-state index contributed by atoms with van der Waals surface area (Å²) in [4.78, 5) is 4.06. The average molecular weight is 146 g/mol. The topological polar surface area (TPSA) is 24.9 Å². The van der Waals surface area contributed by atoms with Crippen LogP contribution in [0, 0.1) is 0 Å². The monoisotopic (exact) mass is 146 g/mol. The Hall–Kier alpha value is -1.31. The van der Waals surface area contributed by atoms with Crippen LogP contribution in [0.5, 0.6) is 0 Å². The highest BCUT2D eigenvalue weighted by molar-refractivity contribution is 5.66. The van der Waals surface area contributed by atoms with Crippen LogP contribution in [0.1, 0.15) is 12.0 Å². The summed E-state index contributed by atoms with van der Waals surface area (Å²) >= 11 is 0.